The smallest absolute Gasteiger partial charge is 0.182 e. The molecule has 0 saturated carbocycles. The SMILES string of the molecule is Nc1cc(F)cc(Nc2cccc(F)c2F)c1. The number of nitrogens with one attached hydrogen (secondary N) is 1. The number of anilines is 3. The zero-order valence-electron chi connectivity index (χ0n) is 8.68. The van der Waals surface area contributed by atoms with Crippen LogP contribution in [0.5, 0.6) is 0 Å². The van der Waals surface area contributed by atoms with Gasteiger partial charge >= 0.3 is 0 Å². The number of nitrogens with two attached hydrogens (primary N) is 1. The number of rotatable bonds is 2. The maximum absolute atomic E-state index is 13.3. The molecule has 0 aliphatic heterocycles. The van der Waals surface area contributed by atoms with Crippen LogP contribution >= 0.6 is 0 Å². The van der Waals surface area contributed by atoms with Gasteiger partial charge in [-0.25, -0.2) is 13.2 Å². The predicted molar refractivity (Wildman–Crippen MR) is 60.5 cm³/mol. The molecule has 0 bridgehead atoms. The molecule has 5 heteroatoms. The molecular weight excluding hydrogens is 229 g/mol. The van der Waals surface area contributed by atoms with Crippen LogP contribution in [0.1, 0.15) is 0 Å². The van der Waals surface area contributed by atoms with E-state index in [0.717, 1.165) is 18.2 Å². The molecule has 2 rings (SSSR count). The number of nitrogen functional groups attached to an aromatic ring is 1. The monoisotopic (exact) mass is 238 g/mol. The van der Waals surface area contributed by atoms with Crippen LogP contribution in [0.2, 0.25) is 0 Å². The van der Waals surface area contributed by atoms with Crippen molar-refractivity contribution in [2.75, 3.05) is 11.1 Å². The third-order valence-electron chi connectivity index (χ3n) is 2.15. The molecule has 0 saturated heterocycles. The van der Waals surface area contributed by atoms with Crippen molar-refractivity contribution in [1.29, 1.82) is 0 Å². The van der Waals surface area contributed by atoms with Gasteiger partial charge < -0.3 is 11.1 Å². The fourth-order valence-electron chi connectivity index (χ4n) is 1.44. The fraction of sp³-hybridized carbons (Fsp3) is 0. The van der Waals surface area contributed by atoms with Crippen LogP contribution in [0.3, 0.4) is 0 Å². The maximum Gasteiger partial charge on any atom is 0.182 e. The lowest BCUT2D eigenvalue weighted by Crippen LogP contribution is -1.97. The van der Waals surface area contributed by atoms with Crippen LogP contribution in [-0.2, 0) is 0 Å². The molecule has 2 aromatic rings. The molecule has 0 amide bonds. The van der Waals surface area contributed by atoms with Gasteiger partial charge in [-0.1, -0.05) is 6.07 Å². The van der Waals surface area contributed by atoms with Crippen molar-refractivity contribution in [1.82, 2.24) is 0 Å². The molecule has 0 heterocycles. The lowest BCUT2D eigenvalue weighted by molar-refractivity contribution is 0.512. The summed E-state index contributed by atoms with van der Waals surface area (Å²) in [7, 11) is 0. The van der Waals surface area contributed by atoms with E-state index in [4.69, 9.17) is 5.73 Å². The molecule has 3 N–H and O–H groups in total. The predicted octanol–water partition coefficient (Wildman–Crippen LogP) is 3.43. The van der Waals surface area contributed by atoms with Gasteiger partial charge in [-0.2, -0.15) is 0 Å². The van der Waals surface area contributed by atoms with Gasteiger partial charge in [0.2, 0.25) is 0 Å². The standard InChI is InChI=1S/C12H9F3N2/c13-7-4-8(16)6-9(5-7)17-11-3-1-2-10(14)12(11)15/h1-6,17H,16H2. The first-order valence-corrected chi connectivity index (χ1v) is 4.83. The summed E-state index contributed by atoms with van der Waals surface area (Å²) in [4.78, 5) is 0. The Labute approximate surface area is 95.9 Å². The highest BCUT2D eigenvalue weighted by Crippen LogP contribution is 2.23. The zero-order chi connectivity index (χ0) is 12.4. The Kier molecular flexibility index (Phi) is 2.91. The highest BCUT2D eigenvalue weighted by Gasteiger charge is 2.08. The van der Waals surface area contributed by atoms with Gasteiger partial charge in [-0.15, -0.1) is 0 Å². The Morgan fingerprint density at radius 3 is 2.47 bits per heavy atom. The Balaban J connectivity index is 2.34. The molecule has 0 radical (unpaired) electrons. The third-order valence-corrected chi connectivity index (χ3v) is 2.15. The Hall–Kier alpha value is -2.17. The minimum Gasteiger partial charge on any atom is -0.399 e. The lowest BCUT2D eigenvalue weighted by Gasteiger charge is -2.08. The molecule has 0 spiro atoms. The van der Waals surface area contributed by atoms with E-state index in [0.29, 0.717) is 0 Å². The Morgan fingerprint density at radius 2 is 1.76 bits per heavy atom. The molecule has 0 fully saturated rings. The lowest BCUT2D eigenvalue weighted by atomic mass is 10.2. The molecule has 0 aliphatic carbocycles. The van der Waals surface area contributed by atoms with Gasteiger partial charge in [0.05, 0.1) is 5.69 Å². The minimum atomic E-state index is -1.02. The highest BCUT2D eigenvalue weighted by molar-refractivity contribution is 5.64. The largest absolute Gasteiger partial charge is 0.399 e. The molecule has 88 valence electrons. The van der Waals surface area contributed by atoms with Crippen molar-refractivity contribution in [3.8, 4) is 0 Å². The third kappa shape index (κ3) is 2.50. The van der Waals surface area contributed by atoms with Gasteiger partial charge in [0.15, 0.2) is 11.6 Å². The van der Waals surface area contributed by atoms with Crippen LogP contribution in [0.4, 0.5) is 30.2 Å². The summed E-state index contributed by atoms with van der Waals surface area (Å²) >= 11 is 0. The van der Waals surface area contributed by atoms with Crippen molar-refractivity contribution in [2.45, 2.75) is 0 Å². The molecule has 0 unspecified atom stereocenters. The van der Waals surface area contributed by atoms with E-state index in [9.17, 15) is 13.2 Å². The topological polar surface area (TPSA) is 38.0 Å². The van der Waals surface area contributed by atoms with Gasteiger partial charge in [-0.3, -0.25) is 0 Å². The summed E-state index contributed by atoms with van der Waals surface area (Å²) in [5.74, 6) is -2.54. The van der Waals surface area contributed by atoms with E-state index in [-0.39, 0.29) is 17.1 Å². The van der Waals surface area contributed by atoms with Gasteiger partial charge in [-0.05, 0) is 30.3 Å². The normalized spacial score (nSPS) is 10.3. The summed E-state index contributed by atoms with van der Waals surface area (Å²) in [5, 5.41) is 2.56. The quantitative estimate of drug-likeness (QED) is 0.786. The van der Waals surface area contributed by atoms with Gasteiger partial charge in [0, 0.05) is 11.4 Å². The first-order chi connectivity index (χ1) is 8.06. The van der Waals surface area contributed by atoms with E-state index in [2.05, 4.69) is 5.32 Å². The minimum absolute atomic E-state index is 0.0741. The molecule has 0 aromatic heterocycles. The summed E-state index contributed by atoms with van der Waals surface area (Å²) < 4.78 is 39.3. The summed E-state index contributed by atoms with van der Waals surface area (Å²) in [6.07, 6.45) is 0. The summed E-state index contributed by atoms with van der Waals surface area (Å²) in [6.45, 7) is 0. The van der Waals surface area contributed by atoms with Crippen LogP contribution < -0.4 is 11.1 Å². The molecule has 0 aliphatic rings. The molecular formula is C12H9F3N2. The van der Waals surface area contributed by atoms with Crippen LogP contribution in [-0.4, -0.2) is 0 Å². The average molecular weight is 238 g/mol. The van der Waals surface area contributed by atoms with E-state index in [1.165, 1.54) is 18.2 Å². The molecule has 17 heavy (non-hydrogen) atoms. The Morgan fingerprint density at radius 1 is 1.00 bits per heavy atom. The fourth-order valence-corrected chi connectivity index (χ4v) is 1.44. The van der Waals surface area contributed by atoms with Crippen molar-refractivity contribution in [3.05, 3.63) is 53.8 Å². The first-order valence-electron chi connectivity index (χ1n) is 4.83. The van der Waals surface area contributed by atoms with E-state index in [1.807, 2.05) is 0 Å². The van der Waals surface area contributed by atoms with Crippen molar-refractivity contribution in [2.24, 2.45) is 0 Å². The summed E-state index contributed by atoms with van der Waals surface area (Å²) in [6, 6.07) is 7.39. The zero-order valence-corrected chi connectivity index (χ0v) is 8.68. The molecule has 2 nitrogen and oxygen atoms in total. The molecule has 0 atom stereocenters. The second kappa shape index (κ2) is 4.37. The van der Waals surface area contributed by atoms with E-state index in [1.54, 1.807) is 0 Å². The Bertz CT molecular complexity index is 535. The first kappa shape index (κ1) is 11.3. The second-order valence-electron chi connectivity index (χ2n) is 3.50. The van der Waals surface area contributed by atoms with E-state index < -0.39 is 17.5 Å². The second-order valence-corrected chi connectivity index (χ2v) is 3.50. The summed E-state index contributed by atoms with van der Waals surface area (Å²) in [5.41, 5.74) is 5.81. The average Bonchev–Trinajstić information content (AvgIpc) is 2.23. The van der Waals surface area contributed by atoms with Crippen molar-refractivity contribution >= 4 is 17.1 Å². The number of halogens is 3. The van der Waals surface area contributed by atoms with Crippen LogP contribution in [0.15, 0.2) is 36.4 Å². The van der Waals surface area contributed by atoms with Gasteiger partial charge in [0.25, 0.3) is 0 Å². The van der Waals surface area contributed by atoms with Crippen molar-refractivity contribution < 1.29 is 13.2 Å². The highest BCUT2D eigenvalue weighted by atomic mass is 19.2. The van der Waals surface area contributed by atoms with Crippen molar-refractivity contribution in [3.63, 3.8) is 0 Å². The van der Waals surface area contributed by atoms with Crippen LogP contribution in [0.25, 0.3) is 0 Å². The van der Waals surface area contributed by atoms with Gasteiger partial charge in [0.1, 0.15) is 5.82 Å². The maximum atomic E-state index is 13.3. The number of benzene rings is 2. The van der Waals surface area contributed by atoms with Crippen LogP contribution in [0, 0.1) is 17.5 Å². The number of hydrogen-bond donors (Lipinski definition) is 2. The molecule has 2 aromatic carbocycles. The number of hydrogen-bond acceptors (Lipinski definition) is 2. The van der Waals surface area contributed by atoms with E-state index >= 15 is 0 Å².